The van der Waals surface area contributed by atoms with E-state index in [2.05, 4.69) is 4.74 Å². The van der Waals surface area contributed by atoms with Gasteiger partial charge in [-0.05, 0) is 37.3 Å². The van der Waals surface area contributed by atoms with E-state index in [1.54, 1.807) is 4.90 Å². The minimum absolute atomic E-state index is 0.0125. The van der Waals surface area contributed by atoms with E-state index in [1.807, 2.05) is 0 Å². The zero-order valence-electron chi connectivity index (χ0n) is 13.9. The monoisotopic (exact) mass is 357 g/mol. The lowest BCUT2D eigenvalue weighted by atomic mass is 9.93. The van der Waals surface area contributed by atoms with E-state index < -0.39 is 18.5 Å². The minimum Gasteiger partial charge on any atom is -0.493 e. The molecule has 1 saturated heterocycles. The lowest BCUT2D eigenvalue weighted by Crippen LogP contribution is -2.40. The van der Waals surface area contributed by atoms with Crippen LogP contribution in [-0.2, 0) is 4.79 Å². The van der Waals surface area contributed by atoms with Crippen molar-refractivity contribution in [2.24, 2.45) is 5.92 Å². The Morgan fingerprint density at radius 1 is 1.40 bits per heavy atom. The summed E-state index contributed by atoms with van der Waals surface area (Å²) < 4.78 is 34.9. The lowest BCUT2D eigenvalue weighted by Gasteiger charge is -2.33. The average molecular weight is 357 g/mol. The molecule has 0 aromatic heterocycles. The fourth-order valence-corrected chi connectivity index (χ4v) is 3.04. The van der Waals surface area contributed by atoms with Crippen LogP contribution in [0, 0.1) is 5.92 Å². The molecule has 0 spiro atoms. The van der Waals surface area contributed by atoms with Crippen LogP contribution in [-0.4, -0.2) is 48.7 Å². The molecule has 0 saturated carbocycles. The van der Waals surface area contributed by atoms with Gasteiger partial charge in [-0.25, -0.2) is 0 Å². The van der Waals surface area contributed by atoms with Gasteiger partial charge in [-0.3, -0.25) is 9.59 Å². The summed E-state index contributed by atoms with van der Waals surface area (Å²) in [6.07, 6.45) is 2.11. The topological polar surface area (TPSA) is 76.1 Å². The van der Waals surface area contributed by atoms with Gasteiger partial charge in [0.2, 0.25) is 0 Å². The Labute approximate surface area is 144 Å². The predicted molar refractivity (Wildman–Crippen MR) is 85.1 cm³/mol. The molecule has 1 aromatic carbocycles. The third-order valence-electron chi connectivity index (χ3n) is 4.21. The molecule has 0 aliphatic carbocycles. The normalized spacial score (nSPS) is 17.4. The number of carboxylic acids is 1. The van der Waals surface area contributed by atoms with Crippen molar-refractivity contribution in [3.05, 3.63) is 23.8 Å². The summed E-state index contributed by atoms with van der Waals surface area (Å²) in [7, 11) is 1.31. The average Bonchev–Trinajstić information content (AvgIpc) is 2.59. The number of ether oxygens (including phenoxy) is 2. The van der Waals surface area contributed by atoms with Crippen LogP contribution in [0.2, 0.25) is 0 Å². The molecule has 1 fully saturated rings. The number of amides is 1. The number of likely N-dealkylation sites (tertiary alicyclic amines) is 1. The van der Waals surface area contributed by atoms with E-state index in [1.165, 1.54) is 25.3 Å². The molecule has 1 heterocycles. The maximum atomic E-state index is 12.8. The molecule has 1 amide bonds. The summed E-state index contributed by atoms with van der Waals surface area (Å²) >= 11 is 0. The van der Waals surface area contributed by atoms with Gasteiger partial charge in [0.05, 0.1) is 12.7 Å². The number of carboxylic acid groups (broad SMARTS) is 1. The van der Waals surface area contributed by atoms with Crippen molar-refractivity contribution < 1.29 is 33.0 Å². The zero-order chi connectivity index (χ0) is 18.4. The second-order valence-electron chi connectivity index (χ2n) is 5.91. The molecule has 1 aliphatic heterocycles. The van der Waals surface area contributed by atoms with E-state index in [9.17, 15) is 18.4 Å². The Morgan fingerprint density at radius 3 is 2.80 bits per heavy atom. The number of hydrogen-bond donors (Lipinski definition) is 1. The van der Waals surface area contributed by atoms with Crippen LogP contribution < -0.4 is 9.47 Å². The van der Waals surface area contributed by atoms with Crippen molar-refractivity contribution in [2.45, 2.75) is 32.3 Å². The molecule has 6 nitrogen and oxygen atoms in total. The van der Waals surface area contributed by atoms with Crippen LogP contribution in [0.25, 0.3) is 0 Å². The van der Waals surface area contributed by atoms with Gasteiger partial charge in [0, 0.05) is 19.5 Å². The van der Waals surface area contributed by atoms with E-state index in [-0.39, 0.29) is 29.4 Å². The van der Waals surface area contributed by atoms with Crippen LogP contribution in [0.15, 0.2) is 18.2 Å². The highest BCUT2D eigenvalue weighted by atomic mass is 19.3. The van der Waals surface area contributed by atoms with Crippen molar-refractivity contribution in [3.63, 3.8) is 0 Å². The molecule has 0 radical (unpaired) electrons. The standard InChI is InChI=1S/C17H21F2NO5/c1-24-13-6-2-5-12(15(13)25-17(18)19)16(23)20-9-3-4-11(10-20)7-8-14(21)22/h2,5-6,11,17H,3-4,7-10H2,1H3,(H,21,22). The number of methoxy groups -OCH3 is 1. The number of halogens is 2. The summed E-state index contributed by atoms with van der Waals surface area (Å²) in [6, 6.07) is 4.40. The van der Waals surface area contributed by atoms with Crippen molar-refractivity contribution in [2.75, 3.05) is 20.2 Å². The van der Waals surface area contributed by atoms with E-state index in [4.69, 9.17) is 9.84 Å². The van der Waals surface area contributed by atoms with E-state index in [0.717, 1.165) is 12.8 Å². The van der Waals surface area contributed by atoms with Gasteiger partial charge in [-0.15, -0.1) is 0 Å². The Kier molecular flexibility index (Phi) is 6.55. The van der Waals surface area contributed by atoms with Gasteiger partial charge in [0.1, 0.15) is 0 Å². The number of hydrogen-bond acceptors (Lipinski definition) is 4. The van der Waals surface area contributed by atoms with E-state index in [0.29, 0.717) is 19.5 Å². The Hall–Kier alpha value is -2.38. The predicted octanol–water partition coefficient (Wildman–Crippen LogP) is 3.01. The minimum atomic E-state index is -3.08. The number of rotatable bonds is 7. The molecule has 1 aromatic rings. The van der Waals surface area contributed by atoms with Crippen LogP contribution in [0.1, 0.15) is 36.0 Å². The van der Waals surface area contributed by atoms with Crippen molar-refractivity contribution in [1.82, 2.24) is 4.90 Å². The second kappa shape index (κ2) is 8.64. The van der Waals surface area contributed by atoms with E-state index >= 15 is 0 Å². The molecule has 0 bridgehead atoms. The van der Waals surface area contributed by atoms with Crippen molar-refractivity contribution in [3.8, 4) is 11.5 Å². The smallest absolute Gasteiger partial charge is 0.387 e. The number of para-hydroxylation sites is 1. The fraction of sp³-hybridized carbons (Fsp3) is 0.529. The van der Waals surface area contributed by atoms with Gasteiger partial charge >= 0.3 is 12.6 Å². The highest BCUT2D eigenvalue weighted by Gasteiger charge is 2.28. The molecule has 8 heteroatoms. The Balaban J connectivity index is 2.17. The molecule has 25 heavy (non-hydrogen) atoms. The number of nitrogens with zero attached hydrogens (tertiary/aromatic N) is 1. The third kappa shape index (κ3) is 5.04. The Bertz CT molecular complexity index is 623. The number of aliphatic carboxylic acids is 1. The van der Waals surface area contributed by atoms with Crippen LogP contribution >= 0.6 is 0 Å². The van der Waals surface area contributed by atoms with Crippen molar-refractivity contribution in [1.29, 1.82) is 0 Å². The SMILES string of the molecule is COc1cccc(C(=O)N2CCCC(CCC(=O)O)C2)c1OC(F)F. The number of benzene rings is 1. The molecule has 138 valence electrons. The van der Waals surface area contributed by atoms with Crippen molar-refractivity contribution >= 4 is 11.9 Å². The molecule has 1 atom stereocenters. The first-order valence-electron chi connectivity index (χ1n) is 8.05. The first-order chi connectivity index (χ1) is 11.9. The second-order valence-corrected chi connectivity index (χ2v) is 5.91. The number of alkyl halides is 2. The van der Waals surface area contributed by atoms with Crippen LogP contribution in [0.3, 0.4) is 0 Å². The Morgan fingerprint density at radius 2 is 2.16 bits per heavy atom. The summed E-state index contributed by atoms with van der Waals surface area (Å²) in [5.74, 6) is -1.43. The summed E-state index contributed by atoms with van der Waals surface area (Å²) in [5.41, 5.74) is 0.0125. The summed E-state index contributed by atoms with van der Waals surface area (Å²) in [5, 5.41) is 8.79. The lowest BCUT2D eigenvalue weighted by molar-refractivity contribution is -0.137. The van der Waals surface area contributed by atoms with Gasteiger partial charge in [0.15, 0.2) is 11.5 Å². The van der Waals surface area contributed by atoms with Crippen LogP contribution in [0.5, 0.6) is 11.5 Å². The fourth-order valence-electron chi connectivity index (χ4n) is 3.04. The van der Waals surface area contributed by atoms with Gasteiger partial charge in [-0.2, -0.15) is 8.78 Å². The summed E-state index contributed by atoms with van der Waals surface area (Å²) in [4.78, 5) is 25.1. The number of carbonyl (C=O) groups excluding carboxylic acids is 1. The highest BCUT2D eigenvalue weighted by molar-refractivity contribution is 5.98. The molecule has 1 aliphatic rings. The number of carbonyl (C=O) groups is 2. The number of piperidine rings is 1. The molecule has 1 N–H and O–H groups in total. The van der Waals surface area contributed by atoms with Gasteiger partial charge < -0.3 is 19.5 Å². The molecule has 2 rings (SSSR count). The van der Waals surface area contributed by atoms with Crippen LogP contribution in [0.4, 0.5) is 8.78 Å². The highest BCUT2D eigenvalue weighted by Crippen LogP contribution is 2.34. The third-order valence-corrected chi connectivity index (χ3v) is 4.21. The largest absolute Gasteiger partial charge is 0.493 e. The first kappa shape index (κ1) is 19.0. The molecular formula is C17H21F2NO5. The first-order valence-corrected chi connectivity index (χ1v) is 8.05. The molecule has 1 unspecified atom stereocenters. The van der Waals surface area contributed by atoms with Gasteiger partial charge in [-0.1, -0.05) is 6.07 Å². The quantitative estimate of drug-likeness (QED) is 0.812. The zero-order valence-corrected chi connectivity index (χ0v) is 13.9. The summed E-state index contributed by atoms with van der Waals surface area (Å²) in [6.45, 7) is -2.18. The molecular weight excluding hydrogens is 336 g/mol. The van der Waals surface area contributed by atoms with Gasteiger partial charge in [0.25, 0.3) is 5.91 Å². The maximum absolute atomic E-state index is 12.8. The maximum Gasteiger partial charge on any atom is 0.387 e.